The second-order valence-corrected chi connectivity index (χ2v) is 8.58. The summed E-state index contributed by atoms with van der Waals surface area (Å²) in [4.78, 5) is 17.5. The van der Waals surface area contributed by atoms with Gasteiger partial charge in [0.05, 0.1) is 7.11 Å². The van der Waals surface area contributed by atoms with Crippen molar-refractivity contribution in [2.24, 2.45) is 0 Å². The SMILES string of the molecule is COc1cccc(N2CCN(c3nnc(C(=O)NCCc4ccccc4)c4ccccc34)CC2)c1. The van der Waals surface area contributed by atoms with E-state index in [1.807, 2.05) is 54.6 Å². The zero-order chi connectivity index (χ0) is 24.0. The molecule has 0 saturated carbocycles. The van der Waals surface area contributed by atoms with Gasteiger partial charge in [-0.05, 0) is 24.1 Å². The molecule has 1 aliphatic rings. The van der Waals surface area contributed by atoms with Crippen molar-refractivity contribution in [3.63, 3.8) is 0 Å². The summed E-state index contributed by atoms with van der Waals surface area (Å²) in [5.74, 6) is 1.49. The lowest BCUT2D eigenvalue weighted by molar-refractivity contribution is 0.0950. The first kappa shape index (κ1) is 22.7. The number of hydrogen-bond donors (Lipinski definition) is 1. The number of rotatable bonds is 7. The minimum absolute atomic E-state index is 0.195. The fourth-order valence-corrected chi connectivity index (χ4v) is 4.52. The van der Waals surface area contributed by atoms with Gasteiger partial charge in [0, 0.05) is 55.2 Å². The second-order valence-electron chi connectivity index (χ2n) is 8.58. The predicted molar refractivity (Wildman–Crippen MR) is 139 cm³/mol. The topological polar surface area (TPSA) is 70.6 Å². The Balaban J connectivity index is 1.29. The number of carbonyl (C=O) groups excluding carboxylic acids is 1. The Kier molecular flexibility index (Phi) is 6.75. The molecule has 1 amide bonds. The quantitative estimate of drug-likeness (QED) is 0.444. The molecule has 3 aromatic carbocycles. The van der Waals surface area contributed by atoms with Crippen LogP contribution in [0.3, 0.4) is 0 Å². The Morgan fingerprint density at radius 1 is 0.857 bits per heavy atom. The van der Waals surface area contributed by atoms with Gasteiger partial charge < -0.3 is 19.9 Å². The highest BCUT2D eigenvalue weighted by Gasteiger charge is 2.23. The van der Waals surface area contributed by atoms with Gasteiger partial charge in [0.25, 0.3) is 5.91 Å². The monoisotopic (exact) mass is 467 g/mol. The van der Waals surface area contributed by atoms with Crippen LogP contribution < -0.4 is 19.9 Å². The van der Waals surface area contributed by atoms with Crippen LogP contribution in [0.5, 0.6) is 5.75 Å². The second kappa shape index (κ2) is 10.4. The van der Waals surface area contributed by atoms with Crippen LogP contribution in [0.15, 0.2) is 78.9 Å². The fraction of sp³-hybridized carbons (Fsp3) is 0.250. The number of nitrogens with zero attached hydrogens (tertiary/aromatic N) is 4. The molecule has 0 spiro atoms. The molecule has 0 atom stereocenters. The van der Waals surface area contributed by atoms with Crippen LogP contribution in [0.25, 0.3) is 10.8 Å². The van der Waals surface area contributed by atoms with Gasteiger partial charge in [0.15, 0.2) is 11.5 Å². The third-order valence-corrected chi connectivity index (χ3v) is 6.42. The lowest BCUT2D eigenvalue weighted by Gasteiger charge is -2.37. The highest BCUT2D eigenvalue weighted by molar-refractivity contribution is 6.07. The summed E-state index contributed by atoms with van der Waals surface area (Å²) in [5, 5.41) is 13.7. The number of piperazine rings is 1. The van der Waals surface area contributed by atoms with Crippen LogP contribution in [0.1, 0.15) is 16.1 Å². The molecule has 0 radical (unpaired) electrons. The maximum Gasteiger partial charge on any atom is 0.272 e. The molecule has 1 saturated heterocycles. The average Bonchev–Trinajstić information content (AvgIpc) is 2.93. The van der Waals surface area contributed by atoms with E-state index in [1.54, 1.807) is 7.11 Å². The number of hydrogen-bond acceptors (Lipinski definition) is 6. The largest absolute Gasteiger partial charge is 0.497 e. The van der Waals surface area contributed by atoms with Crippen LogP contribution in [-0.2, 0) is 6.42 Å². The minimum Gasteiger partial charge on any atom is -0.497 e. The number of nitrogens with one attached hydrogen (secondary N) is 1. The van der Waals surface area contributed by atoms with Crippen molar-refractivity contribution in [2.45, 2.75) is 6.42 Å². The third-order valence-electron chi connectivity index (χ3n) is 6.42. The standard InChI is InChI=1S/C28H29N5O2/c1-35-23-11-7-10-22(20-23)32-16-18-33(19-17-32)27-25-13-6-5-12-24(25)26(30-31-27)28(34)29-15-14-21-8-3-2-4-9-21/h2-13,20H,14-19H2,1H3,(H,29,34). The lowest BCUT2D eigenvalue weighted by Crippen LogP contribution is -2.47. The summed E-state index contributed by atoms with van der Waals surface area (Å²) in [5.41, 5.74) is 2.71. The van der Waals surface area contributed by atoms with E-state index in [9.17, 15) is 4.79 Å². The molecule has 7 heteroatoms. The molecule has 35 heavy (non-hydrogen) atoms. The van der Waals surface area contributed by atoms with Gasteiger partial charge in [-0.25, -0.2) is 0 Å². The third kappa shape index (κ3) is 5.04. The number of anilines is 2. The first-order chi connectivity index (χ1) is 17.2. The first-order valence-corrected chi connectivity index (χ1v) is 11.9. The van der Waals surface area contributed by atoms with Gasteiger partial charge in [-0.3, -0.25) is 4.79 Å². The van der Waals surface area contributed by atoms with Gasteiger partial charge in [-0.2, -0.15) is 0 Å². The Labute approximate surface area is 205 Å². The van der Waals surface area contributed by atoms with E-state index < -0.39 is 0 Å². The van der Waals surface area contributed by atoms with E-state index in [0.29, 0.717) is 12.2 Å². The van der Waals surface area contributed by atoms with Crippen LogP contribution in [0.4, 0.5) is 11.5 Å². The van der Waals surface area contributed by atoms with Crippen molar-refractivity contribution >= 4 is 28.2 Å². The minimum atomic E-state index is -0.195. The van der Waals surface area contributed by atoms with E-state index in [-0.39, 0.29) is 5.91 Å². The average molecular weight is 468 g/mol. The van der Waals surface area contributed by atoms with E-state index in [1.165, 1.54) is 5.56 Å². The number of methoxy groups -OCH3 is 1. The van der Waals surface area contributed by atoms with Gasteiger partial charge in [0.1, 0.15) is 5.75 Å². The molecule has 0 bridgehead atoms. The maximum atomic E-state index is 12.9. The first-order valence-electron chi connectivity index (χ1n) is 11.9. The lowest BCUT2D eigenvalue weighted by atomic mass is 10.1. The Morgan fingerprint density at radius 2 is 1.57 bits per heavy atom. The number of benzene rings is 3. The summed E-state index contributed by atoms with van der Waals surface area (Å²) in [6.07, 6.45) is 0.771. The maximum absolute atomic E-state index is 12.9. The molecule has 7 nitrogen and oxygen atoms in total. The molecule has 0 unspecified atom stereocenters. The molecule has 178 valence electrons. The number of amides is 1. The van der Waals surface area contributed by atoms with E-state index in [2.05, 4.69) is 49.6 Å². The van der Waals surface area contributed by atoms with Crippen molar-refractivity contribution in [3.8, 4) is 5.75 Å². The summed E-state index contributed by atoms with van der Waals surface area (Å²) < 4.78 is 5.37. The summed E-state index contributed by atoms with van der Waals surface area (Å²) in [6.45, 7) is 3.92. The van der Waals surface area contributed by atoms with Crippen molar-refractivity contribution in [1.29, 1.82) is 0 Å². The molecule has 1 N–H and O–H groups in total. The normalized spacial score (nSPS) is 13.6. The van der Waals surface area contributed by atoms with Crippen LogP contribution in [0, 0.1) is 0 Å². The van der Waals surface area contributed by atoms with Gasteiger partial charge in [0.2, 0.25) is 0 Å². The van der Waals surface area contributed by atoms with E-state index in [4.69, 9.17) is 4.74 Å². The zero-order valence-electron chi connectivity index (χ0n) is 19.9. The number of fused-ring (bicyclic) bond motifs is 1. The van der Waals surface area contributed by atoms with E-state index in [0.717, 1.165) is 60.6 Å². The summed E-state index contributed by atoms with van der Waals surface area (Å²) >= 11 is 0. The Morgan fingerprint density at radius 3 is 2.34 bits per heavy atom. The molecule has 0 aliphatic carbocycles. The van der Waals surface area contributed by atoms with Gasteiger partial charge in [-0.1, -0.05) is 60.7 Å². The highest BCUT2D eigenvalue weighted by atomic mass is 16.5. The van der Waals surface area contributed by atoms with Crippen molar-refractivity contribution in [3.05, 3.63) is 90.1 Å². The molecule has 4 aromatic rings. The highest BCUT2D eigenvalue weighted by Crippen LogP contribution is 2.28. The van der Waals surface area contributed by atoms with Crippen LogP contribution in [0.2, 0.25) is 0 Å². The molecule has 1 aliphatic heterocycles. The zero-order valence-corrected chi connectivity index (χ0v) is 19.9. The number of ether oxygens (including phenoxy) is 1. The van der Waals surface area contributed by atoms with Crippen molar-refractivity contribution in [1.82, 2.24) is 15.5 Å². The van der Waals surface area contributed by atoms with E-state index >= 15 is 0 Å². The molecule has 2 heterocycles. The van der Waals surface area contributed by atoms with Crippen LogP contribution >= 0.6 is 0 Å². The van der Waals surface area contributed by atoms with Crippen LogP contribution in [-0.4, -0.2) is 55.9 Å². The summed E-state index contributed by atoms with van der Waals surface area (Å²) in [6, 6.07) is 26.2. The molecule has 5 rings (SSSR count). The molecule has 1 fully saturated rings. The Bertz CT molecular complexity index is 1300. The smallest absolute Gasteiger partial charge is 0.272 e. The fourth-order valence-electron chi connectivity index (χ4n) is 4.52. The Hall–Kier alpha value is -4.13. The van der Waals surface area contributed by atoms with Gasteiger partial charge in [-0.15, -0.1) is 10.2 Å². The molecular weight excluding hydrogens is 438 g/mol. The van der Waals surface area contributed by atoms with Gasteiger partial charge >= 0.3 is 0 Å². The van der Waals surface area contributed by atoms with Crippen molar-refractivity contribution < 1.29 is 9.53 Å². The predicted octanol–water partition coefficient (Wildman–Crippen LogP) is 3.94. The molecular formula is C28H29N5O2. The molecule has 1 aromatic heterocycles. The number of carbonyl (C=O) groups is 1. The van der Waals surface area contributed by atoms with Crippen molar-refractivity contribution in [2.75, 3.05) is 49.6 Å². The summed E-state index contributed by atoms with van der Waals surface area (Å²) in [7, 11) is 1.69. The number of aromatic nitrogens is 2.